The molecular formula is C20H23F2N3O. The quantitative estimate of drug-likeness (QED) is 0.850. The van der Waals surface area contributed by atoms with Crippen LogP contribution in [0.4, 0.5) is 8.78 Å². The molecule has 2 fully saturated rings. The SMILES string of the molecule is O=C(c1c2n(c3ccccc13)CCC2)N1CCCC2(CNCC2(F)F)C1. The number of carbonyl (C=O) groups is 1. The summed E-state index contributed by atoms with van der Waals surface area (Å²) in [7, 11) is 0. The van der Waals surface area contributed by atoms with Gasteiger partial charge in [0.2, 0.25) is 0 Å². The topological polar surface area (TPSA) is 37.3 Å². The van der Waals surface area contributed by atoms with Gasteiger partial charge in [0.05, 0.1) is 17.5 Å². The number of hydrogen-bond acceptors (Lipinski definition) is 2. The van der Waals surface area contributed by atoms with Gasteiger partial charge in [0.25, 0.3) is 11.8 Å². The maximum atomic E-state index is 14.5. The van der Waals surface area contributed by atoms with Gasteiger partial charge in [-0.25, -0.2) is 8.78 Å². The third kappa shape index (κ3) is 2.11. The van der Waals surface area contributed by atoms with Crippen LogP contribution >= 0.6 is 0 Å². The summed E-state index contributed by atoms with van der Waals surface area (Å²) >= 11 is 0. The molecule has 5 rings (SSSR count). The predicted molar refractivity (Wildman–Crippen MR) is 95.6 cm³/mol. The molecule has 0 saturated carbocycles. The van der Waals surface area contributed by atoms with Crippen molar-refractivity contribution in [2.45, 2.75) is 38.2 Å². The van der Waals surface area contributed by atoms with Crippen LogP contribution < -0.4 is 5.32 Å². The summed E-state index contributed by atoms with van der Waals surface area (Å²) in [6.45, 7) is 1.65. The number of hydrogen-bond donors (Lipinski definition) is 1. The van der Waals surface area contributed by atoms with Crippen molar-refractivity contribution in [2.75, 3.05) is 26.2 Å². The van der Waals surface area contributed by atoms with Gasteiger partial charge >= 0.3 is 0 Å². The van der Waals surface area contributed by atoms with E-state index >= 15 is 0 Å². The Morgan fingerprint density at radius 2 is 1.96 bits per heavy atom. The molecule has 0 radical (unpaired) electrons. The Balaban J connectivity index is 1.54. The van der Waals surface area contributed by atoms with Crippen LogP contribution in [-0.2, 0) is 13.0 Å². The van der Waals surface area contributed by atoms with Crippen LogP contribution in [0, 0.1) is 5.41 Å². The molecule has 0 bridgehead atoms. The van der Waals surface area contributed by atoms with Gasteiger partial charge in [-0.05, 0) is 31.7 Å². The first-order valence-electron chi connectivity index (χ1n) is 9.50. The number of aryl methyl sites for hydroxylation is 1. The highest BCUT2D eigenvalue weighted by Crippen LogP contribution is 2.46. The fraction of sp³-hybridized carbons (Fsp3) is 0.550. The van der Waals surface area contributed by atoms with Crippen molar-refractivity contribution in [3.63, 3.8) is 0 Å². The van der Waals surface area contributed by atoms with Gasteiger partial charge in [-0.1, -0.05) is 18.2 Å². The van der Waals surface area contributed by atoms with E-state index in [1.54, 1.807) is 4.90 Å². The smallest absolute Gasteiger partial charge is 0.268 e. The average molecular weight is 359 g/mol. The lowest BCUT2D eigenvalue weighted by Crippen LogP contribution is -2.54. The van der Waals surface area contributed by atoms with E-state index in [1.165, 1.54) is 0 Å². The van der Waals surface area contributed by atoms with Crippen molar-refractivity contribution in [1.29, 1.82) is 0 Å². The van der Waals surface area contributed by atoms with Crippen LogP contribution in [0.3, 0.4) is 0 Å². The minimum Gasteiger partial charge on any atom is -0.344 e. The molecule has 1 N–H and O–H groups in total. The zero-order chi connectivity index (χ0) is 17.9. The summed E-state index contributed by atoms with van der Waals surface area (Å²) in [5.74, 6) is -2.82. The maximum Gasteiger partial charge on any atom is 0.268 e. The second kappa shape index (κ2) is 5.52. The number of amides is 1. The first-order valence-corrected chi connectivity index (χ1v) is 9.50. The van der Waals surface area contributed by atoms with Crippen LogP contribution in [0.2, 0.25) is 0 Å². The van der Waals surface area contributed by atoms with Gasteiger partial charge in [-0.3, -0.25) is 4.79 Å². The Hall–Kier alpha value is -1.95. The Morgan fingerprint density at radius 1 is 1.12 bits per heavy atom. The molecule has 0 aliphatic carbocycles. The fourth-order valence-corrected chi connectivity index (χ4v) is 5.20. The number of nitrogens with one attached hydrogen (secondary N) is 1. The van der Waals surface area contributed by atoms with Crippen LogP contribution in [0.15, 0.2) is 24.3 Å². The molecule has 138 valence electrons. The summed E-state index contributed by atoms with van der Waals surface area (Å²) in [5, 5.41) is 3.81. The number of likely N-dealkylation sites (tertiary alicyclic amines) is 1. The van der Waals surface area contributed by atoms with Crippen LogP contribution in [-0.4, -0.2) is 47.5 Å². The molecule has 1 unspecified atom stereocenters. The van der Waals surface area contributed by atoms with Gasteiger partial charge in [0.1, 0.15) is 0 Å². The lowest BCUT2D eigenvalue weighted by atomic mass is 9.76. The van der Waals surface area contributed by atoms with E-state index in [0.29, 0.717) is 25.9 Å². The molecule has 1 spiro atoms. The Morgan fingerprint density at radius 3 is 2.77 bits per heavy atom. The number of alkyl halides is 2. The van der Waals surface area contributed by atoms with Crippen molar-refractivity contribution in [2.24, 2.45) is 5.41 Å². The number of halogens is 2. The third-order valence-electron chi connectivity index (χ3n) is 6.54. The normalized spacial score (nSPS) is 27.4. The maximum absolute atomic E-state index is 14.5. The highest BCUT2D eigenvalue weighted by atomic mass is 19.3. The minimum atomic E-state index is -2.75. The fourth-order valence-electron chi connectivity index (χ4n) is 5.20. The van der Waals surface area contributed by atoms with Crippen LogP contribution in [0.1, 0.15) is 35.3 Å². The van der Waals surface area contributed by atoms with E-state index in [0.717, 1.165) is 41.5 Å². The summed E-state index contributed by atoms with van der Waals surface area (Å²) in [6, 6.07) is 7.97. The third-order valence-corrected chi connectivity index (χ3v) is 6.54. The summed E-state index contributed by atoms with van der Waals surface area (Å²) in [5.41, 5.74) is 1.79. The second-order valence-electron chi connectivity index (χ2n) is 8.01. The monoisotopic (exact) mass is 359 g/mol. The Kier molecular flexibility index (Phi) is 3.45. The molecule has 3 aliphatic heterocycles. The van der Waals surface area contributed by atoms with Crippen molar-refractivity contribution >= 4 is 16.8 Å². The lowest BCUT2D eigenvalue weighted by Gasteiger charge is -2.43. The molecule has 1 aromatic carbocycles. The van der Waals surface area contributed by atoms with E-state index in [-0.39, 0.29) is 19.0 Å². The summed E-state index contributed by atoms with van der Waals surface area (Å²) in [4.78, 5) is 15.1. The zero-order valence-corrected chi connectivity index (χ0v) is 14.7. The predicted octanol–water partition coefficient (Wildman–Crippen LogP) is 3.05. The number of benzene rings is 1. The number of piperidine rings is 1. The number of rotatable bonds is 1. The molecule has 1 aromatic heterocycles. The van der Waals surface area contributed by atoms with E-state index in [9.17, 15) is 13.6 Å². The number of fused-ring (bicyclic) bond motifs is 3. The minimum absolute atomic E-state index is 0.0707. The van der Waals surface area contributed by atoms with Crippen molar-refractivity contribution in [1.82, 2.24) is 14.8 Å². The van der Waals surface area contributed by atoms with Gasteiger partial charge in [0.15, 0.2) is 0 Å². The van der Waals surface area contributed by atoms with Gasteiger partial charge in [-0.2, -0.15) is 0 Å². The summed E-state index contributed by atoms with van der Waals surface area (Å²) in [6.07, 6.45) is 3.03. The first kappa shape index (κ1) is 16.2. The molecular weight excluding hydrogens is 336 g/mol. The zero-order valence-electron chi connectivity index (χ0n) is 14.7. The highest BCUT2D eigenvalue weighted by Gasteiger charge is 2.59. The first-order chi connectivity index (χ1) is 12.5. The van der Waals surface area contributed by atoms with Gasteiger partial charge in [-0.15, -0.1) is 0 Å². The van der Waals surface area contributed by atoms with Crippen molar-refractivity contribution in [3.05, 3.63) is 35.5 Å². The van der Waals surface area contributed by atoms with Gasteiger partial charge < -0.3 is 14.8 Å². The lowest BCUT2D eigenvalue weighted by molar-refractivity contribution is -0.108. The van der Waals surface area contributed by atoms with E-state index in [2.05, 4.69) is 9.88 Å². The van der Waals surface area contributed by atoms with Crippen molar-refractivity contribution in [3.8, 4) is 0 Å². The molecule has 1 amide bonds. The number of nitrogens with zero attached hydrogens (tertiary/aromatic N) is 2. The molecule has 2 aromatic rings. The number of para-hydroxylation sites is 1. The molecule has 26 heavy (non-hydrogen) atoms. The van der Waals surface area contributed by atoms with Crippen LogP contribution in [0.5, 0.6) is 0 Å². The molecule has 3 aliphatic rings. The number of carbonyl (C=O) groups excluding carboxylic acids is 1. The van der Waals surface area contributed by atoms with Gasteiger partial charge in [0, 0.05) is 42.8 Å². The van der Waals surface area contributed by atoms with E-state index in [1.807, 2.05) is 24.3 Å². The molecule has 6 heteroatoms. The Bertz CT molecular complexity index is 891. The largest absolute Gasteiger partial charge is 0.344 e. The molecule has 2 saturated heterocycles. The van der Waals surface area contributed by atoms with Crippen LogP contribution in [0.25, 0.3) is 10.9 Å². The van der Waals surface area contributed by atoms with E-state index < -0.39 is 11.3 Å². The molecule has 1 atom stereocenters. The van der Waals surface area contributed by atoms with Crippen molar-refractivity contribution < 1.29 is 13.6 Å². The van der Waals surface area contributed by atoms with E-state index in [4.69, 9.17) is 0 Å². The standard InChI is InChI=1S/C20H23F2N3O/c21-20(22)12-23-11-19(20)8-4-9-24(13-19)18(26)17-14-5-1-2-6-15(14)25-10-3-7-16(17)25/h1-2,5-6,23H,3-4,7-13H2. The highest BCUT2D eigenvalue weighted by molar-refractivity contribution is 6.08. The molecule has 4 nitrogen and oxygen atoms in total. The molecule has 4 heterocycles. The second-order valence-corrected chi connectivity index (χ2v) is 8.01. The summed E-state index contributed by atoms with van der Waals surface area (Å²) < 4.78 is 31.3. The Labute approximate surface area is 151 Å². The average Bonchev–Trinajstić information content (AvgIpc) is 3.28. The number of aromatic nitrogens is 1.